The first-order valence-electron chi connectivity index (χ1n) is 5.14. The molecule has 2 N–H and O–H groups in total. The van der Waals surface area contributed by atoms with Crippen LogP contribution in [0.3, 0.4) is 0 Å². The van der Waals surface area contributed by atoms with Crippen LogP contribution in [0, 0.1) is 0 Å². The molecule has 2 unspecified atom stereocenters. The zero-order valence-electron chi connectivity index (χ0n) is 9.10. The molecule has 5 nitrogen and oxygen atoms in total. The highest BCUT2D eigenvalue weighted by molar-refractivity contribution is 9.10. The number of rotatable bonds is 3. The van der Waals surface area contributed by atoms with Gasteiger partial charge >= 0.3 is 5.97 Å². The lowest BCUT2D eigenvalue weighted by Gasteiger charge is -2.22. The van der Waals surface area contributed by atoms with Crippen molar-refractivity contribution in [2.75, 3.05) is 13.2 Å². The second kappa shape index (κ2) is 5.11. The van der Waals surface area contributed by atoms with Crippen molar-refractivity contribution in [3.8, 4) is 11.5 Å². The van der Waals surface area contributed by atoms with Crippen molar-refractivity contribution in [3.05, 3.63) is 22.2 Å². The number of alkyl halides is 1. The summed E-state index contributed by atoms with van der Waals surface area (Å²) >= 11 is 3.20. The number of benzene rings is 1. The Morgan fingerprint density at radius 2 is 2.06 bits per heavy atom. The molecule has 2 rings (SSSR count). The monoisotopic (exact) mass is 320 g/mol. The first-order valence-corrected chi connectivity index (χ1v) is 5.94. The quantitative estimate of drug-likeness (QED) is 0.886. The first-order chi connectivity index (χ1) is 8.50. The zero-order valence-corrected chi connectivity index (χ0v) is 10.7. The molecule has 0 amide bonds. The molecule has 1 heterocycles. The highest BCUT2D eigenvalue weighted by atomic mass is 79.9. The van der Waals surface area contributed by atoms with Gasteiger partial charge in [0.15, 0.2) is 11.5 Å². The standard InChI is InChI=1S/C11H10BrFO5/c12-6-3-5(9(14)8(13)11(15)16)4-7-10(6)18-2-1-17-7/h3-4,8-9,14H,1-2H2,(H,15,16). The molecule has 7 heteroatoms. The van der Waals surface area contributed by atoms with Crippen molar-refractivity contribution in [3.63, 3.8) is 0 Å². The van der Waals surface area contributed by atoms with Crippen molar-refractivity contribution < 1.29 is 28.9 Å². The summed E-state index contributed by atoms with van der Waals surface area (Å²) in [6.07, 6.45) is -4.14. The number of aliphatic carboxylic acids is 1. The summed E-state index contributed by atoms with van der Waals surface area (Å²) in [6.45, 7) is 0.741. The number of carboxylic acids is 1. The van der Waals surface area contributed by atoms with Crippen LogP contribution in [0.1, 0.15) is 11.7 Å². The number of fused-ring (bicyclic) bond motifs is 1. The third kappa shape index (κ3) is 2.41. The highest BCUT2D eigenvalue weighted by Crippen LogP contribution is 2.40. The van der Waals surface area contributed by atoms with Crippen LogP contribution in [0.25, 0.3) is 0 Å². The minimum absolute atomic E-state index is 0.112. The average Bonchev–Trinajstić information content (AvgIpc) is 2.36. The summed E-state index contributed by atoms with van der Waals surface area (Å²) in [5.74, 6) is -0.904. The Hall–Kier alpha value is -1.34. The third-order valence-electron chi connectivity index (χ3n) is 2.47. The van der Waals surface area contributed by atoms with E-state index in [4.69, 9.17) is 14.6 Å². The van der Waals surface area contributed by atoms with Crippen LogP contribution in [0.15, 0.2) is 16.6 Å². The molecule has 1 aliphatic rings. The number of carboxylic acid groups (broad SMARTS) is 1. The number of halogens is 2. The summed E-state index contributed by atoms with van der Waals surface area (Å²) in [5.41, 5.74) is 0.112. The lowest BCUT2D eigenvalue weighted by Crippen LogP contribution is -2.23. The minimum atomic E-state index is -2.39. The molecule has 1 aliphatic heterocycles. The van der Waals surface area contributed by atoms with Crippen LogP contribution in [-0.2, 0) is 4.79 Å². The van der Waals surface area contributed by atoms with Crippen molar-refractivity contribution in [1.29, 1.82) is 0 Å². The van der Waals surface area contributed by atoms with E-state index in [1.165, 1.54) is 12.1 Å². The third-order valence-corrected chi connectivity index (χ3v) is 3.06. The Balaban J connectivity index is 2.35. The molecule has 1 aromatic rings. The van der Waals surface area contributed by atoms with Crippen LogP contribution in [0.5, 0.6) is 11.5 Å². The maximum Gasteiger partial charge on any atom is 0.341 e. The second-order valence-corrected chi connectivity index (χ2v) is 4.57. The molecule has 18 heavy (non-hydrogen) atoms. The molecule has 2 atom stereocenters. The fourth-order valence-corrected chi connectivity index (χ4v) is 2.18. The summed E-state index contributed by atoms with van der Waals surface area (Å²) in [6, 6.07) is 2.78. The maximum absolute atomic E-state index is 13.2. The van der Waals surface area contributed by atoms with Crippen molar-refractivity contribution in [1.82, 2.24) is 0 Å². The molecular formula is C11H10BrFO5. The number of aliphatic hydroxyl groups is 1. The second-order valence-electron chi connectivity index (χ2n) is 3.71. The summed E-state index contributed by atoms with van der Waals surface area (Å²) < 4.78 is 24.3. The van der Waals surface area contributed by atoms with Crippen LogP contribution in [0.4, 0.5) is 4.39 Å². The van der Waals surface area contributed by atoms with E-state index >= 15 is 0 Å². The van der Waals surface area contributed by atoms with Gasteiger partial charge in [-0.1, -0.05) is 0 Å². The Kier molecular flexibility index (Phi) is 3.72. The van der Waals surface area contributed by atoms with E-state index in [0.29, 0.717) is 29.2 Å². The van der Waals surface area contributed by atoms with E-state index in [1.807, 2.05) is 0 Å². The van der Waals surface area contributed by atoms with Gasteiger partial charge in [0.2, 0.25) is 6.17 Å². The fourth-order valence-electron chi connectivity index (χ4n) is 1.61. The van der Waals surface area contributed by atoms with Gasteiger partial charge in [0.1, 0.15) is 19.3 Å². The van der Waals surface area contributed by atoms with Gasteiger partial charge < -0.3 is 19.7 Å². The number of hydrogen-bond acceptors (Lipinski definition) is 4. The van der Waals surface area contributed by atoms with Gasteiger partial charge in [-0.25, -0.2) is 9.18 Å². The van der Waals surface area contributed by atoms with Gasteiger partial charge in [-0.15, -0.1) is 0 Å². The molecule has 0 saturated carbocycles. The number of hydrogen-bond donors (Lipinski definition) is 2. The van der Waals surface area contributed by atoms with Gasteiger partial charge in [0.05, 0.1) is 4.47 Å². The predicted molar refractivity (Wildman–Crippen MR) is 62.6 cm³/mol. The van der Waals surface area contributed by atoms with Crippen LogP contribution < -0.4 is 9.47 Å². The maximum atomic E-state index is 13.2. The molecule has 0 aliphatic carbocycles. The predicted octanol–water partition coefficient (Wildman–Crippen LogP) is 1.68. The lowest BCUT2D eigenvalue weighted by atomic mass is 10.0. The Bertz CT molecular complexity index is 479. The van der Waals surface area contributed by atoms with Crippen molar-refractivity contribution in [2.24, 2.45) is 0 Å². The number of aliphatic hydroxyl groups excluding tert-OH is 1. The smallest absolute Gasteiger partial charge is 0.341 e. The molecule has 0 radical (unpaired) electrons. The highest BCUT2D eigenvalue weighted by Gasteiger charge is 2.29. The van der Waals surface area contributed by atoms with E-state index in [9.17, 15) is 14.3 Å². The van der Waals surface area contributed by atoms with Gasteiger partial charge in [-0.05, 0) is 33.6 Å². The van der Waals surface area contributed by atoms with E-state index in [1.54, 1.807) is 0 Å². The van der Waals surface area contributed by atoms with Gasteiger partial charge in [-0.3, -0.25) is 0 Å². The molecule has 1 aromatic carbocycles. The average molecular weight is 321 g/mol. The molecule has 0 aromatic heterocycles. The fraction of sp³-hybridized carbons (Fsp3) is 0.364. The molecular weight excluding hydrogens is 311 g/mol. The van der Waals surface area contributed by atoms with E-state index in [-0.39, 0.29) is 5.56 Å². The molecule has 98 valence electrons. The SMILES string of the molecule is O=C(O)C(F)C(O)c1cc(Br)c2c(c1)OCCO2. The Labute approximate surface area is 110 Å². The van der Waals surface area contributed by atoms with E-state index in [0.717, 1.165) is 0 Å². The summed E-state index contributed by atoms with van der Waals surface area (Å²) in [5, 5.41) is 18.1. The normalized spacial score (nSPS) is 17.1. The minimum Gasteiger partial charge on any atom is -0.486 e. The topological polar surface area (TPSA) is 76.0 Å². The zero-order chi connectivity index (χ0) is 13.3. The molecule has 0 fully saturated rings. The van der Waals surface area contributed by atoms with Crippen molar-refractivity contribution in [2.45, 2.75) is 12.3 Å². The first kappa shape index (κ1) is 13.1. The van der Waals surface area contributed by atoms with Gasteiger partial charge in [-0.2, -0.15) is 0 Å². The van der Waals surface area contributed by atoms with E-state index in [2.05, 4.69) is 15.9 Å². The van der Waals surface area contributed by atoms with Crippen molar-refractivity contribution >= 4 is 21.9 Å². The van der Waals surface area contributed by atoms with Crippen LogP contribution >= 0.6 is 15.9 Å². The molecule has 0 bridgehead atoms. The lowest BCUT2D eigenvalue weighted by molar-refractivity contribution is -0.147. The Morgan fingerprint density at radius 3 is 2.72 bits per heavy atom. The summed E-state index contributed by atoms with van der Waals surface area (Å²) in [7, 11) is 0. The van der Waals surface area contributed by atoms with Gasteiger partial charge in [0.25, 0.3) is 0 Å². The number of carbonyl (C=O) groups is 1. The summed E-state index contributed by atoms with van der Waals surface area (Å²) in [4.78, 5) is 10.5. The number of ether oxygens (including phenoxy) is 2. The largest absolute Gasteiger partial charge is 0.486 e. The van der Waals surface area contributed by atoms with Crippen LogP contribution in [-0.4, -0.2) is 35.6 Å². The molecule has 0 spiro atoms. The van der Waals surface area contributed by atoms with Gasteiger partial charge in [0, 0.05) is 0 Å². The van der Waals surface area contributed by atoms with E-state index < -0.39 is 18.2 Å². The van der Waals surface area contributed by atoms with Crippen LogP contribution in [0.2, 0.25) is 0 Å². The molecule has 0 saturated heterocycles. The Morgan fingerprint density at radius 1 is 1.39 bits per heavy atom.